The Morgan fingerprint density at radius 3 is 2.36 bits per heavy atom. The van der Waals surface area contributed by atoms with Gasteiger partial charge in [-0.15, -0.1) is 11.3 Å². The zero-order valence-electron chi connectivity index (χ0n) is 29.9. The van der Waals surface area contributed by atoms with Gasteiger partial charge in [-0.1, -0.05) is 23.7 Å². The second kappa shape index (κ2) is 13.9. The molecular weight excluding hydrogens is 674 g/mol. The number of halogens is 1. The summed E-state index contributed by atoms with van der Waals surface area (Å²) in [6.45, 7) is 16.6. The van der Waals surface area contributed by atoms with E-state index in [1.807, 2.05) is 97.3 Å². The Bertz CT molecular complexity index is 2040. The Labute approximate surface area is 301 Å². The molecule has 4 heterocycles. The summed E-state index contributed by atoms with van der Waals surface area (Å²) >= 11 is 7.84. The van der Waals surface area contributed by atoms with Gasteiger partial charge in [-0.25, -0.2) is 24.1 Å². The summed E-state index contributed by atoms with van der Waals surface area (Å²) in [6.07, 6.45) is 4.14. The topological polar surface area (TPSA) is 108 Å². The lowest BCUT2D eigenvalue weighted by Crippen LogP contribution is -2.41. The van der Waals surface area contributed by atoms with Crippen LogP contribution < -0.4 is 0 Å². The molecule has 1 atom stereocenters. The average Bonchev–Trinajstić information content (AvgIpc) is 3.66. The van der Waals surface area contributed by atoms with E-state index in [9.17, 15) is 9.59 Å². The number of carbonyl (C=O) groups excluding carboxylic acids is 2. The van der Waals surface area contributed by atoms with Crippen molar-refractivity contribution in [2.75, 3.05) is 19.7 Å². The molecule has 1 fully saturated rings. The van der Waals surface area contributed by atoms with E-state index in [4.69, 9.17) is 35.8 Å². The molecule has 3 aromatic heterocycles. The predicted molar refractivity (Wildman–Crippen MR) is 197 cm³/mol. The van der Waals surface area contributed by atoms with E-state index in [1.165, 1.54) is 11.3 Å². The summed E-state index contributed by atoms with van der Waals surface area (Å²) in [5, 5.41) is 5.96. The van der Waals surface area contributed by atoms with Crippen LogP contribution in [-0.2, 0) is 19.0 Å². The SMILES string of the molecule is CCOC(=O)[C@@H](OC(C)(C)C)c1c(C)cc2nc(-c3ccn4ncc(C5CCN(C(=O)OC(C)(C)C)CC5)c4n3)sc2c1-c1ccc(Cl)cc1. The number of esters is 1. The Morgan fingerprint density at radius 1 is 1.02 bits per heavy atom. The molecule has 6 rings (SSSR count). The van der Waals surface area contributed by atoms with Crippen LogP contribution in [0, 0.1) is 6.92 Å². The van der Waals surface area contributed by atoms with Gasteiger partial charge in [-0.05, 0) is 110 Å². The lowest BCUT2D eigenvalue weighted by atomic mass is 9.91. The lowest BCUT2D eigenvalue weighted by Gasteiger charge is -2.33. The van der Waals surface area contributed by atoms with Crippen molar-refractivity contribution in [3.63, 3.8) is 0 Å². The fourth-order valence-electron chi connectivity index (χ4n) is 6.35. The third kappa shape index (κ3) is 7.65. The number of carbonyl (C=O) groups is 2. The van der Waals surface area contributed by atoms with Crippen molar-refractivity contribution in [3.8, 4) is 21.8 Å². The van der Waals surface area contributed by atoms with Crippen molar-refractivity contribution < 1.29 is 23.8 Å². The second-order valence-electron chi connectivity index (χ2n) is 14.6. The Kier molecular flexibility index (Phi) is 9.96. The van der Waals surface area contributed by atoms with E-state index in [1.54, 1.807) is 16.3 Å². The first-order valence-corrected chi connectivity index (χ1v) is 18.2. The zero-order valence-corrected chi connectivity index (χ0v) is 31.4. The maximum absolute atomic E-state index is 13.5. The summed E-state index contributed by atoms with van der Waals surface area (Å²) in [6, 6.07) is 11.5. The molecule has 1 aliphatic heterocycles. The maximum atomic E-state index is 13.5. The van der Waals surface area contributed by atoms with Gasteiger partial charge in [-0.3, -0.25) is 0 Å². The molecule has 0 unspecified atom stereocenters. The van der Waals surface area contributed by atoms with Gasteiger partial charge in [-0.2, -0.15) is 5.10 Å². The third-order valence-electron chi connectivity index (χ3n) is 8.50. The highest BCUT2D eigenvalue weighted by Gasteiger charge is 2.34. The summed E-state index contributed by atoms with van der Waals surface area (Å²) in [5.74, 6) is -0.240. The van der Waals surface area contributed by atoms with Crippen molar-refractivity contribution in [1.82, 2.24) is 24.5 Å². The normalized spacial score (nSPS) is 15.1. The number of hydrogen-bond donors (Lipinski definition) is 0. The van der Waals surface area contributed by atoms with Crippen LogP contribution in [0.2, 0.25) is 5.02 Å². The zero-order chi connectivity index (χ0) is 36.0. The molecule has 1 aliphatic rings. The number of nitrogens with zero attached hydrogens (tertiary/aromatic N) is 5. The number of amides is 1. The van der Waals surface area contributed by atoms with Crippen LogP contribution in [0.15, 0.2) is 48.8 Å². The third-order valence-corrected chi connectivity index (χ3v) is 9.86. The number of aromatic nitrogens is 4. The fraction of sp³-hybridized carbons (Fsp3) is 0.447. The molecule has 50 heavy (non-hydrogen) atoms. The number of fused-ring (bicyclic) bond motifs is 2. The number of thiazole rings is 1. The van der Waals surface area contributed by atoms with Crippen LogP contribution >= 0.6 is 22.9 Å². The fourth-order valence-corrected chi connectivity index (χ4v) is 7.57. The molecule has 0 aliphatic carbocycles. The molecule has 1 saturated heterocycles. The quantitative estimate of drug-likeness (QED) is 0.153. The van der Waals surface area contributed by atoms with Gasteiger partial charge < -0.3 is 19.1 Å². The Morgan fingerprint density at radius 2 is 1.72 bits per heavy atom. The molecule has 0 spiro atoms. The molecular formula is C38H44ClN5O5S. The van der Waals surface area contributed by atoms with Crippen molar-refractivity contribution in [2.24, 2.45) is 0 Å². The maximum Gasteiger partial charge on any atom is 0.410 e. The smallest absolute Gasteiger partial charge is 0.410 e. The molecule has 0 radical (unpaired) electrons. The Hall–Kier alpha value is -4.06. The molecule has 264 valence electrons. The number of benzene rings is 2. The number of aryl methyl sites for hydroxylation is 1. The highest BCUT2D eigenvalue weighted by molar-refractivity contribution is 7.22. The van der Waals surface area contributed by atoms with Crippen molar-refractivity contribution in [1.29, 1.82) is 0 Å². The first-order chi connectivity index (χ1) is 23.6. The predicted octanol–water partition coefficient (Wildman–Crippen LogP) is 9.17. The monoisotopic (exact) mass is 717 g/mol. The van der Waals surface area contributed by atoms with E-state index in [0.29, 0.717) is 18.1 Å². The van der Waals surface area contributed by atoms with Gasteiger partial charge in [0.05, 0.1) is 28.6 Å². The minimum atomic E-state index is -0.957. The van der Waals surface area contributed by atoms with Gasteiger partial charge in [0.25, 0.3) is 0 Å². The number of piperidine rings is 1. The summed E-state index contributed by atoms with van der Waals surface area (Å²) in [4.78, 5) is 38.1. The van der Waals surface area contributed by atoms with E-state index >= 15 is 0 Å². The van der Waals surface area contributed by atoms with Gasteiger partial charge in [0.2, 0.25) is 0 Å². The molecule has 5 aromatic rings. The highest BCUT2D eigenvalue weighted by Crippen LogP contribution is 2.44. The molecule has 0 saturated carbocycles. The first kappa shape index (κ1) is 35.8. The van der Waals surface area contributed by atoms with E-state index < -0.39 is 23.3 Å². The van der Waals surface area contributed by atoms with Crippen LogP contribution in [0.1, 0.15) is 90.0 Å². The summed E-state index contributed by atoms with van der Waals surface area (Å²) in [5.41, 5.74) is 5.52. The van der Waals surface area contributed by atoms with Gasteiger partial charge >= 0.3 is 12.1 Å². The molecule has 1 amide bonds. The van der Waals surface area contributed by atoms with Crippen LogP contribution in [0.4, 0.5) is 4.79 Å². The van der Waals surface area contributed by atoms with Gasteiger partial charge in [0, 0.05) is 41.0 Å². The lowest BCUT2D eigenvalue weighted by molar-refractivity contribution is -0.166. The highest BCUT2D eigenvalue weighted by atomic mass is 35.5. The number of hydrogen-bond acceptors (Lipinski definition) is 9. The standard InChI is InChI=1S/C38H44ClN5O5S/c1-9-47-35(45)31(48-37(3,4)5)29-22(2)20-28-32(30(29)24-10-12-25(39)13-11-24)50-34(42-28)27-16-19-44-33(41-27)26(21-40-44)23-14-17-43(18-15-23)36(46)49-38(6,7)8/h10-13,16,19-21,23,31H,9,14-15,17-18H2,1-8H3/t31-/m0/s1. The van der Waals surface area contributed by atoms with Crippen LogP contribution in [-0.4, -0.2) is 67.4 Å². The largest absolute Gasteiger partial charge is 0.464 e. The molecule has 0 N–H and O–H groups in total. The van der Waals surface area contributed by atoms with Crippen molar-refractivity contribution in [2.45, 2.75) is 91.5 Å². The minimum absolute atomic E-state index is 0.202. The number of ether oxygens (including phenoxy) is 3. The van der Waals surface area contributed by atoms with Crippen LogP contribution in [0.3, 0.4) is 0 Å². The average molecular weight is 718 g/mol. The molecule has 12 heteroatoms. The van der Waals surface area contributed by atoms with Crippen molar-refractivity contribution in [3.05, 3.63) is 70.5 Å². The van der Waals surface area contributed by atoms with Crippen molar-refractivity contribution >= 4 is 50.9 Å². The van der Waals surface area contributed by atoms with E-state index in [-0.39, 0.29) is 18.6 Å². The van der Waals surface area contributed by atoms with Crippen LogP contribution in [0.25, 0.3) is 37.7 Å². The van der Waals surface area contributed by atoms with Gasteiger partial charge in [0.15, 0.2) is 11.8 Å². The summed E-state index contributed by atoms with van der Waals surface area (Å²) in [7, 11) is 0. The molecule has 0 bridgehead atoms. The van der Waals surface area contributed by atoms with Gasteiger partial charge in [0.1, 0.15) is 16.3 Å². The first-order valence-electron chi connectivity index (χ1n) is 17.0. The number of likely N-dealkylation sites (tertiary alicyclic amines) is 1. The van der Waals surface area contributed by atoms with E-state index in [2.05, 4.69) is 5.10 Å². The summed E-state index contributed by atoms with van der Waals surface area (Å²) < 4.78 is 20.3. The second-order valence-corrected chi connectivity index (χ2v) is 16.1. The number of rotatable bonds is 7. The van der Waals surface area contributed by atoms with E-state index in [0.717, 1.165) is 67.2 Å². The van der Waals surface area contributed by atoms with Crippen LogP contribution in [0.5, 0.6) is 0 Å². The molecule has 10 nitrogen and oxygen atoms in total. The minimum Gasteiger partial charge on any atom is -0.464 e. The molecule has 2 aromatic carbocycles. The Balaban J connectivity index is 1.41.